The number of hydrogen-bond acceptors (Lipinski definition) is 2. The zero-order valence-electron chi connectivity index (χ0n) is 9.01. The van der Waals surface area contributed by atoms with E-state index in [4.69, 9.17) is 0 Å². The molecule has 1 saturated heterocycles. The van der Waals surface area contributed by atoms with Gasteiger partial charge in [0.2, 0.25) is 11.8 Å². The zero-order chi connectivity index (χ0) is 10.8. The van der Waals surface area contributed by atoms with Crippen LogP contribution in [0.1, 0.15) is 39.5 Å². The fourth-order valence-corrected chi connectivity index (χ4v) is 1.73. The van der Waals surface area contributed by atoms with Crippen molar-refractivity contribution >= 4 is 11.8 Å². The topological polar surface area (TPSA) is 37.4 Å². The largest absolute Gasteiger partial charge is 0.283 e. The number of rotatable bonds is 3. The molecule has 0 N–H and O–H groups in total. The minimum Gasteiger partial charge on any atom is -0.283 e. The van der Waals surface area contributed by atoms with Crippen LogP contribution in [0.25, 0.3) is 0 Å². The van der Waals surface area contributed by atoms with Crippen molar-refractivity contribution in [3.63, 3.8) is 0 Å². The molecule has 1 rings (SSSR count). The van der Waals surface area contributed by atoms with Crippen molar-refractivity contribution in [3.8, 4) is 0 Å². The Labute approximate surface area is 85.5 Å². The Morgan fingerprint density at radius 2 is 1.79 bits per heavy atom. The normalized spacial score (nSPS) is 21.5. The van der Waals surface area contributed by atoms with Gasteiger partial charge in [0.05, 0.1) is 0 Å². The maximum absolute atomic E-state index is 11.6. The summed E-state index contributed by atoms with van der Waals surface area (Å²) >= 11 is 0. The van der Waals surface area contributed by atoms with Crippen LogP contribution in [0, 0.1) is 12.3 Å². The smallest absolute Gasteiger partial charge is 0.229 e. The van der Waals surface area contributed by atoms with Gasteiger partial charge in [-0.15, -0.1) is 0 Å². The van der Waals surface area contributed by atoms with Crippen LogP contribution in [-0.4, -0.2) is 23.3 Å². The molecule has 79 valence electrons. The Morgan fingerprint density at radius 3 is 2.21 bits per heavy atom. The summed E-state index contributed by atoms with van der Waals surface area (Å²) in [5, 5.41) is 0. The predicted octanol–water partition coefficient (Wildman–Crippen LogP) is 1.78. The summed E-state index contributed by atoms with van der Waals surface area (Å²) in [4.78, 5) is 24.6. The third-order valence-electron chi connectivity index (χ3n) is 2.49. The number of hydrogen-bond donors (Lipinski definition) is 0. The minimum absolute atomic E-state index is 0.0281. The standard InChI is InChI=1S/C11H18NO2/c1-4-5-6-12-9(13)7-11(2,3)8-10(12)14/h1,4-8H2,2-3H3. The molecule has 1 fully saturated rings. The molecule has 0 saturated carbocycles. The first-order valence-corrected chi connectivity index (χ1v) is 5.09. The average Bonchev–Trinajstić information content (AvgIpc) is 2.00. The lowest BCUT2D eigenvalue weighted by atomic mass is 9.82. The molecule has 2 amide bonds. The van der Waals surface area contributed by atoms with Gasteiger partial charge >= 0.3 is 0 Å². The van der Waals surface area contributed by atoms with Crippen molar-refractivity contribution in [1.82, 2.24) is 4.90 Å². The number of nitrogens with zero attached hydrogens (tertiary/aromatic N) is 1. The van der Waals surface area contributed by atoms with Crippen LogP contribution in [-0.2, 0) is 9.59 Å². The Balaban J connectivity index is 2.62. The van der Waals surface area contributed by atoms with Crippen molar-refractivity contribution in [2.24, 2.45) is 5.41 Å². The van der Waals surface area contributed by atoms with Gasteiger partial charge in [-0.05, 0) is 11.8 Å². The number of carbonyl (C=O) groups is 2. The number of unbranched alkanes of at least 4 members (excludes halogenated alkanes) is 1. The summed E-state index contributed by atoms with van der Waals surface area (Å²) in [7, 11) is 0. The summed E-state index contributed by atoms with van der Waals surface area (Å²) in [6.07, 6.45) is 2.53. The molecule has 0 aromatic rings. The molecule has 0 aromatic carbocycles. The summed E-state index contributed by atoms with van der Waals surface area (Å²) < 4.78 is 0. The van der Waals surface area contributed by atoms with Crippen molar-refractivity contribution in [2.75, 3.05) is 6.54 Å². The Hall–Kier alpha value is -0.860. The molecule has 3 heteroatoms. The van der Waals surface area contributed by atoms with Gasteiger partial charge in [-0.3, -0.25) is 14.5 Å². The first-order valence-electron chi connectivity index (χ1n) is 5.09. The van der Waals surface area contributed by atoms with E-state index in [1.807, 2.05) is 13.8 Å². The minimum atomic E-state index is -0.158. The lowest BCUT2D eigenvalue weighted by molar-refractivity contribution is -0.152. The molecule has 0 spiro atoms. The SMILES string of the molecule is [CH2]CCCN1C(=O)CC(C)(C)CC1=O. The van der Waals surface area contributed by atoms with E-state index in [0.29, 0.717) is 19.4 Å². The van der Waals surface area contributed by atoms with Gasteiger partial charge < -0.3 is 0 Å². The Morgan fingerprint density at radius 1 is 1.29 bits per heavy atom. The van der Waals surface area contributed by atoms with Crippen LogP contribution in [0.5, 0.6) is 0 Å². The van der Waals surface area contributed by atoms with Gasteiger partial charge in [0.15, 0.2) is 0 Å². The van der Waals surface area contributed by atoms with Crippen molar-refractivity contribution in [3.05, 3.63) is 6.92 Å². The van der Waals surface area contributed by atoms with Gasteiger partial charge in [0.25, 0.3) is 0 Å². The Kier molecular flexibility index (Phi) is 3.29. The van der Waals surface area contributed by atoms with Crippen molar-refractivity contribution < 1.29 is 9.59 Å². The molecular formula is C11H18NO2. The number of imide groups is 1. The third kappa shape index (κ3) is 2.56. The van der Waals surface area contributed by atoms with Gasteiger partial charge in [-0.2, -0.15) is 0 Å². The lowest BCUT2D eigenvalue weighted by Crippen LogP contribution is -2.46. The highest BCUT2D eigenvalue weighted by Gasteiger charge is 2.36. The molecule has 0 aromatic heterocycles. The second kappa shape index (κ2) is 4.11. The quantitative estimate of drug-likeness (QED) is 0.645. The zero-order valence-corrected chi connectivity index (χ0v) is 9.01. The highest BCUT2D eigenvalue weighted by molar-refractivity contribution is 5.98. The van der Waals surface area contributed by atoms with Crippen LogP contribution < -0.4 is 0 Å². The number of piperidine rings is 1. The molecule has 0 unspecified atom stereocenters. The number of likely N-dealkylation sites (tertiary alicyclic amines) is 1. The third-order valence-corrected chi connectivity index (χ3v) is 2.49. The van der Waals surface area contributed by atoms with E-state index < -0.39 is 0 Å². The highest BCUT2D eigenvalue weighted by atomic mass is 16.2. The summed E-state index contributed by atoms with van der Waals surface area (Å²) in [5.74, 6) is -0.0561. The van der Waals surface area contributed by atoms with E-state index in [-0.39, 0.29) is 17.2 Å². The van der Waals surface area contributed by atoms with Crippen LogP contribution in [0.4, 0.5) is 0 Å². The first-order chi connectivity index (χ1) is 6.46. The molecule has 0 atom stereocenters. The molecule has 1 radical (unpaired) electrons. The van der Waals surface area contributed by atoms with E-state index in [2.05, 4.69) is 6.92 Å². The fraction of sp³-hybridized carbons (Fsp3) is 0.727. The second-order valence-corrected chi connectivity index (χ2v) is 4.66. The first kappa shape index (κ1) is 11.2. The second-order valence-electron chi connectivity index (χ2n) is 4.66. The fourth-order valence-electron chi connectivity index (χ4n) is 1.73. The molecule has 1 heterocycles. The summed E-state index contributed by atoms with van der Waals surface area (Å²) in [6, 6.07) is 0. The van der Waals surface area contributed by atoms with Gasteiger partial charge in [-0.25, -0.2) is 0 Å². The lowest BCUT2D eigenvalue weighted by Gasteiger charge is -2.34. The average molecular weight is 196 g/mol. The van der Waals surface area contributed by atoms with Crippen LogP contribution in [0.3, 0.4) is 0 Å². The Bertz CT molecular complexity index is 226. The molecule has 14 heavy (non-hydrogen) atoms. The molecule has 0 aliphatic carbocycles. The predicted molar refractivity (Wildman–Crippen MR) is 54.3 cm³/mol. The van der Waals surface area contributed by atoms with Crippen LogP contribution in [0.15, 0.2) is 0 Å². The maximum atomic E-state index is 11.6. The molecule has 0 bridgehead atoms. The molecule has 3 nitrogen and oxygen atoms in total. The summed E-state index contributed by atoms with van der Waals surface area (Å²) in [6.45, 7) is 8.16. The van der Waals surface area contributed by atoms with E-state index in [9.17, 15) is 9.59 Å². The van der Waals surface area contributed by atoms with E-state index in [1.165, 1.54) is 4.90 Å². The molecule has 1 aliphatic rings. The number of amides is 2. The highest BCUT2D eigenvalue weighted by Crippen LogP contribution is 2.31. The van der Waals surface area contributed by atoms with Crippen LogP contribution in [0.2, 0.25) is 0 Å². The van der Waals surface area contributed by atoms with E-state index >= 15 is 0 Å². The molecular weight excluding hydrogens is 178 g/mol. The van der Waals surface area contributed by atoms with Crippen molar-refractivity contribution in [1.29, 1.82) is 0 Å². The van der Waals surface area contributed by atoms with Gasteiger partial charge in [-0.1, -0.05) is 27.2 Å². The van der Waals surface area contributed by atoms with E-state index in [1.54, 1.807) is 0 Å². The van der Waals surface area contributed by atoms with E-state index in [0.717, 1.165) is 12.8 Å². The summed E-state index contributed by atoms with van der Waals surface area (Å²) in [5.41, 5.74) is -0.158. The van der Waals surface area contributed by atoms with Crippen molar-refractivity contribution in [2.45, 2.75) is 39.5 Å². The monoisotopic (exact) mass is 196 g/mol. The van der Waals surface area contributed by atoms with Crippen LogP contribution >= 0.6 is 0 Å². The van der Waals surface area contributed by atoms with Gasteiger partial charge in [0.1, 0.15) is 0 Å². The maximum Gasteiger partial charge on any atom is 0.229 e. The molecule has 1 aliphatic heterocycles. The number of carbonyl (C=O) groups excluding carboxylic acids is 2. The van der Waals surface area contributed by atoms with Gasteiger partial charge in [0, 0.05) is 19.4 Å².